The first-order valence-electron chi connectivity index (χ1n) is 4.45. The van der Waals surface area contributed by atoms with E-state index in [4.69, 9.17) is 5.11 Å². The number of aliphatic hydroxyl groups excluding tert-OH is 1. The van der Waals surface area contributed by atoms with Crippen LogP contribution in [0.5, 0.6) is 0 Å². The van der Waals surface area contributed by atoms with Crippen LogP contribution in [-0.2, 0) is 9.53 Å². The molecule has 0 spiro atoms. The summed E-state index contributed by atoms with van der Waals surface area (Å²) in [5.74, 6) is -0.969. The number of benzene rings is 1. The monoisotopic (exact) mass is 194 g/mol. The highest BCUT2D eigenvalue weighted by Gasteiger charge is 2.21. The number of carbonyl (C=O) groups is 1. The largest absolute Gasteiger partial charge is 0.468 e. The molecule has 0 fully saturated rings. The molecule has 1 unspecified atom stereocenters. The second kappa shape index (κ2) is 4.77. The number of rotatable bonds is 3. The fraction of sp³-hybridized carbons (Fsp3) is 0.364. The average Bonchev–Trinajstić information content (AvgIpc) is 2.21. The number of methoxy groups -OCH3 is 1. The minimum atomic E-state index is -0.568. The van der Waals surface area contributed by atoms with E-state index in [1.54, 1.807) is 0 Å². The molecule has 3 heteroatoms. The Hall–Kier alpha value is -1.35. The summed E-state index contributed by atoms with van der Waals surface area (Å²) in [6, 6.07) is 7.46. The van der Waals surface area contributed by atoms with E-state index in [-0.39, 0.29) is 6.61 Å². The van der Waals surface area contributed by atoms with E-state index < -0.39 is 11.9 Å². The van der Waals surface area contributed by atoms with Crippen molar-refractivity contribution in [1.29, 1.82) is 0 Å². The summed E-state index contributed by atoms with van der Waals surface area (Å²) < 4.78 is 4.61. The van der Waals surface area contributed by atoms with E-state index in [9.17, 15) is 4.79 Å². The molecule has 0 saturated heterocycles. The topological polar surface area (TPSA) is 46.5 Å². The predicted octanol–water partition coefficient (Wildman–Crippen LogP) is 1.24. The molecule has 1 N–H and O–H groups in total. The first kappa shape index (κ1) is 10.7. The van der Waals surface area contributed by atoms with Gasteiger partial charge in [0.1, 0.15) is 5.92 Å². The highest BCUT2D eigenvalue weighted by atomic mass is 16.5. The summed E-state index contributed by atoms with van der Waals surface area (Å²) in [6.07, 6.45) is 0. The fourth-order valence-electron chi connectivity index (χ4n) is 1.42. The molecule has 0 aliphatic heterocycles. The van der Waals surface area contributed by atoms with E-state index in [1.807, 2.05) is 31.2 Å². The van der Waals surface area contributed by atoms with Crippen LogP contribution in [0.4, 0.5) is 0 Å². The summed E-state index contributed by atoms with van der Waals surface area (Å²) >= 11 is 0. The van der Waals surface area contributed by atoms with Crippen molar-refractivity contribution in [2.75, 3.05) is 13.7 Å². The van der Waals surface area contributed by atoms with Crippen molar-refractivity contribution in [3.63, 3.8) is 0 Å². The van der Waals surface area contributed by atoms with Crippen molar-refractivity contribution in [2.45, 2.75) is 12.8 Å². The minimum Gasteiger partial charge on any atom is -0.468 e. The molecule has 0 amide bonds. The maximum absolute atomic E-state index is 11.3. The Morgan fingerprint density at radius 1 is 1.50 bits per heavy atom. The Labute approximate surface area is 83.3 Å². The zero-order chi connectivity index (χ0) is 10.6. The first-order chi connectivity index (χ1) is 6.70. The van der Waals surface area contributed by atoms with E-state index in [0.29, 0.717) is 0 Å². The maximum Gasteiger partial charge on any atom is 0.315 e. The number of carbonyl (C=O) groups excluding carboxylic acids is 1. The van der Waals surface area contributed by atoms with Crippen LogP contribution in [0.3, 0.4) is 0 Å². The third kappa shape index (κ3) is 2.12. The number of aryl methyl sites for hydroxylation is 1. The van der Waals surface area contributed by atoms with Crippen molar-refractivity contribution in [2.24, 2.45) is 0 Å². The van der Waals surface area contributed by atoms with Gasteiger partial charge < -0.3 is 9.84 Å². The second-order valence-corrected chi connectivity index (χ2v) is 3.11. The molecule has 0 aliphatic carbocycles. The average molecular weight is 194 g/mol. The lowest BCUT2D eigenvalue weighted by Gasteiger charge is -2.14. The summed E-state index contributed by atoms with van der Waals surface area (Å²) in [4.78, 5) is 11.3. The van der Waals surface area contributed by atoms with Gasteiger partial charge in [0.25, 0.3) is 0 Å². The van der Waals surface area contributed by atoms with Crippen LogP contribution in [0.1, 0.15) is 17.0 Å². The van der Waals surface area contributed by atoms with Crippen LogP contribution in [-0.4, -0.2) is 24.8 Å². The molecule has 0 saturated carbocycles. The van der Waals surface area contributed by atoms with Gasteiger partial charge in [-0.05, 0) is 18.1 Å². The molecule has 0 radical (unpaired) electrons. The van der Waals surface area contributed by atoms with Crippen molar-refractivity contribution in [1.82, 2.24) is 0 Å². The van der Waals surface area contributed by atoms with Crippen molar-refractivity contribution in [3.8, 4) is 0 Å². The molecule has 0 aliphatic rings. The lowest BCUT2D eigenvalue weighted by molar-refractivity contribution is -0.143. The van der Waals surface area contributed by atoms with Crippen molar-refractivity contribution in [3.05, 3.63) is 35.4 Å². The van der Waals surface area contributed by atoms with Crippen LogP contribution in [0, 0.1) is 6.92 Å². The third-order valence-corrected chi connectivity index (χ3v) is 2.23. The van der Waals surface area contributed by atoms with Gasteiger partial charge >= 0.3 is 5.97 Å². The Kier molecular flexibility index (Phi) is 3.65. The summed E-state index contributed by atoms with van der Waals surface area (Å²) in [7, 11) is 1.32. The van der Waals surface area contributed by atoms with Crippen LogP contribution in [0.15, 0.2) is 24.3 Å². The lowest BCUT2D eigenvalue weighted by Crippen LogP contribution is -2.18. The molecule has 1 aromatic carbocycles. The molecule has 76 valence electrons. The molecule has 1 atom stereocenters. The number of ether oxygens (including phenoxy) is 1. The molecular formula is C11H14O3. The van der Waals surface area contributed by atoms with Gasteiger partial charge in [-0.1, -0.05) is 24.3 Å². The Bertz CT molecular complexity index is 320. The predicted molar refractivity (Wildman–Crippen MR) is 53.0 cm³/mol. The number of hydrogen-bond acceptors (Lipinski definition) is 3. The van der Waals surface area contributed by atoms with Gasteiger partial charge in [-0.3, -0.25) is 4.79 Å². The normalized spacial score (nSPS) is 12.2. The quantitative estimate of drug-likeness (QED) is 0.736. The molecule has 0 heterocycles. The van der Waals surface area contributed by atoms with E-state index >= 15 is 0 Å². The molecule has 14 heavy (non-hydrogen) atoms. The Morgan fingerprint density at radius 2 is 2.14 bits per heavy atom. The van der Waals surface area contributed by atoms with Gasteiger partial charge in [-0.2, -0.15) is 0 Å². The van der Waals surface area contributed by atoms with Crippen LogP contribution in [0.25, 0.3) is 0 Å². The first-order valence-corrected chi connectivity index (χ1v) is 4.45. The van der Waals surface area contributed by atoms with E-state index in [0.717, 1.165) is 11.1 Å². The fourth-order valence-corrected chi connectivity index (χ4v) is 1.42. The highest BCUT2D eigenvalue weighted by molar-refractivity contribution is 5.78. The Balaban J connectivity index is 3.01. The summed E-state index contributed by atoms with van der Waals surface area (Å²) in [5.41, 5.74) is 1.80. The maximum atomic E-state index is 11.3. The molecular weight excluding hydrogens is 180 g/mol. The molecule has 1 rings (SSSR count). The third-order valence-electron chi connectivity index (χ3n) is 2.23. The van der Waals surface area contributed by atoms with Gasteiger partial charge in [-0.25, -0.2) is 0 Å². The van der Waals surface area contributed by atoms with Crippen LogP contribution in [0.2, 0.25) is 0 Å². The number of aliphatic hydroxyl groups is 1. The van der Waals surface area contributed by atoms with Crippen LogP contribution < -0.4 is 0 Å². The van der Waals surface area contributed by atoms with E-state index in [1.165, 1.54) is 7.11 Å². The lowest BCUT2D eigenvalue weighted by atomic mass is 9.96. The van der Waals surface area contributed by atoms with Crippen molar-refractivity contribution < 1.29 is 14.6 Å². The highest BCUT2D eigenvalue weighted by Crippen LogP contribution is 2.20. The van der Waals surface area contributed by atoms with Crippen molar-refractivity contribution >= 4 is 5.97 Å². The molecule has 1 aromatic rings. The van der Waals surface area contributed by atoms with E-state index in [2.05, 4.69) is 4.74 Å². The molecule has 0 bridgehead atoms. The van der Waals surface area contributed by atoms with Gasteiger partial charge in [-0.15, -0.1) is 0 Å². The standard InChI is InChI=1S/C11H14O3/c1-8-5-3-4-6-9(8)10(7-12)11(13)14-2/h3-6,10,12H,7H2,1-2H3. The summed E-state index contributed by atoms with van der Waals surface area (Å²) in [5, 5.41) is 9.10. The van der Waals surface area contributed by atoms with Gasteiger partial charge in [0.2, 0.25) is 0 Å². The SMILES string of the molecule is COC(=O)C(CO)c1ccccc1C. The summed E-state index contributed by atoms with van der Waals surface area (Å²) in [6.45, 7) is 1.68. The zero-order valence-electron chi connectivity index (χ0n) is 8.36. The minimum absolute atomic E-state index is 0.225. The number of esters is 1. The van der Waals surface area contributed by atoms with Crippen LogP contribution >= 0.6 is 0 Å². The van der Waals surface area contributed by atoms with Gasteiger partial charge in [0.05, 0.1) is 13.7 Å². The smallest absolute Gasteiger partial charge is 0.315 e. The Morgan fingerprint density at radius 3 is 2.64 bits per heavy atom. The second-order valence-electron chi connectivity index (χ2n) is 3.11. The van der Waals surface area contributed by atoms with Gasteiger partial charge in [0.15, 0.2) is 0 Å². The molecule has 0 aromatic heterocycles. The van der Waals surface area contributed by atoms with Gasteiger partial charge in [0, 0.05) is 0 Å². The number of hydrogen-bond donors (Lipinski definition) is 1. The zero-order valence-corrected chi connectivity index (χ0v) is 8.36. The molecule has 3 nitrogen and oxygen atoms in total.